The molecule has 0 saturated heterocycles. The van der Waals surface area contributed by atoms with Gasteiger partial charge in [-0.2, -0.15) is 0 Å². The summed E-state index contributed by atoms with van der Waals surface area (Å²) < 4.78 is 0. The molecule has 1 fully saturated rings. The van der Waals surface area contributed by atoms with E-state index in [1.165, 1.54) is 6.08 Å². The van der Waals surface area contributed by atoms with Gasteiger partial charge in [-0.1, -0.05) is 6.08 Å². The van der Waals surface area contributed by atoms with Gasteiger partial charge in [-0.15, -0.1) is 0 Å². The smallest absolute Gasteiger partial charge is 0.265 e. The van der Waals surface area contributed by atoms with Crippen LogP contribution in [0.4, 0.5) is 0 Å². The number of hydrogen-bond donors (Lipinski definition) is 0. The highest BCUT2D eigenvalue weighted by atomic mass is 35.5. The highest BCUT2D eigenvalue weighted by molar-refractivity contribution is 6.64. The fraction of sp³-hybridized carbons (Fsp3) is 0.500. The summed E-state index contributed by atoms with van der Waals surface area (Å²) >= 11 is 5.38. The van der Waals surface area contributed by atoms with Crippen molar-refractivity contribution in [1.29, 1.82) is 0 Å². The van der Waals surface area contributed by atoms with Gasteiger partial charge in [0.05, 0.1) is 4.92 Å². The van der Waals surface area contributed by atoms with Gasteiger partial charge in [0.2, 0.25) is 5.24 Å². The minimum atomic E-state index is -0.399. The second kappa shape index (κ2) is 3.77. The van der Waals surface area contributed by atoms with E-state index in [2.05, 4.69) is 0 Å². The summed E-state index contributed by atoms with van der Waals surface area (Å²) in [6.07, 6.45) is 6.40. The van der Waals surface area contributed by atoms with Crippen LogP contribution in [0.2, 0.25) is 0 Å². The number of carbonyl (C=O) groups is 1. The summed E-state index contributed by atoms with van der Waals surface area (Å²) in [5.74, 6) is 0.490. The molecule has 0 N–H and O–H groups in total. The van der Waals surface area contributed by atoms with Crippen LogP contribution in [0.3, 0.4) is 0 Å². The normalized spacial score (nSPS) is 33.4. The number of allylic oxidation sites excluding steroid dienone is 3. The molecule has 0 heterocycles. The minimum absolute atomic E-state index is 0.0353. The molecule has 3 unspecified atom stereocenters. The molecule has 2 aliphatic carbocycles. The standard InChI is InChI=1S/C10H10ClNO3/c11-10(13)9-5-8(9)6-1-3-7(4-2-6)12(14)15/h1,3-4,6,8-9H,2,5H2. The Kier molecular flexibility index (Phi) is 2.61. The van der Waals surface area contributed by atoms with Crippen molar-refractivity contribution >= 4 is 16.8 Å². The number of hydrogen-bond acceptors (Lipinski definition) is 3. The van der Waals surface area contributed by atoms with Gasteiger partial charge < -0.3 is 0 Å². The Morgan fingerprint density at radius 1 is 1.60 bits per heavy atom. The maximum Gasteiger partial charge on any atom is 0.265 e. The number of nitro groups is 1. The van der Waals surface area contributed by atoms with Gasteiger partial charge in [-0.25, -0.2) is 0 Å². The number of halogens is 1. The number of nitrogens with zero attached hydrogens (tertiary/aromatic N) is 1. The molecule has 4 nitrogen and oxygen atoms in total. The summed E-state index contributed by atoms with van der Waals surface area (Å²) in [5, 5.41) is 10.1. The van der Waals surface area contributed by atoms with Crippen LogP contribution in [-0.4, -0.2) is 10.2 Å². The monoisotopic (exact) mass is 227 g/mol. The first-order chi connectivity index (χ1) is 7.09. The van der Waals surface area contributed by atoms with Gasteiger partial charge in [0.15, 0.2) is 0 Å². The Balaban J connectivity index is 1.94. The minimum Gasteiger partial charge on any atom is -0.281 e. The Morgan fingerprint density at radius 3 is 2.73 bits per heavy atom. The second-order valence-electron chi connectivity index (χ2n) is 3.95. The van der Waals surface area contributed by atoms with E-state index in [-0.39, 0.29) is 28.7 Å². The van der Waals surface area contributed by atoms with Crippen molar-refractivity contribution in [1.82, 2.24) is 0 Å². The van der Waals surface area contributed by atoms with E-state index in [4.69, 9.17) is 11.6 Å². The molecule has 1 saturated carbocycles. The molecule has 0 aromatic carbocycles. The van der Waals surface area contributed by atoms with Gasteiger partial charge >= 0.3 is 0 Å². The SMILES string of the molecule is O=C(Cl)C1CC1C1C=CC([N+](=O)[O-])=CC1. The first-order valence-corrected chi connectivity index (χ1v) is 5.19. The summed E-state index contributed by atoms with van der Waals surface area (Å²) in [5.41, 5.74) is 0.139. The van der Waals surface area contributed by atoms with Crippen LogP contribution >= 0.6 is 11.6 Å². The average Bonchev–Trinajstić information content (AvgIpc) is 2.97. The van der Waals surface area contributed by atoms with Gasteiger partial charge in [-0.3, -0.25) is 14.9 Å². The molecule has 0 amide bonds. The van der Waals surface area contributed by atoms with Gasteiger partial charge in [0.25, 0.3) is 5.70 Å². The van der Waals surface area contributed by atoms with Gasteiger partial charge in [-0.05, 0) is 42.4 Å². The van der Waals surface area contributed by atoms with Crippen molar-refractivity contribution in [3.8, 4) is 0 Å². The molecule has 80 valence electrons. The van der Waals surface area contributed by atoms with E-state index in [1.54, 1.807) is 6.08 Å². The van der Waals surface area contributed by atoms with Crippen molar-refractivity contribution in [3.05, 3.63) is 34.0 Å². The average molecular weight is 228 g/mol. The molecule has 3 atom stereocenters. The Bertz CT molecular complexity index is 375. The zero-order valence-electron chi connectivity index (χ0n) is 7.93. The topological polar surface area (TPSA) is 60.2 Å². The third-order valence-corrected chi connectivity index (χ3v) is 3.29. The lowest BCUT2D eigenvalue weighted by Crippen LogP contribution is -2.08. The lowest BCUT2D eigenvalue weighted by molar-refractivity contribution is -0.419. The Labute approximate surface area is 91.8 Å². The first kappa shape index (κ1) is 10.4. The van der Waals surface area contributed by atoms with Crippen LogP contribution in [0.25, 0.3) is 0 Å². The molecule has 5 heteroatoms. The fourth-order valence-electron chi connectivity index (χ4n) is 2.03. The number of rotatable bonds is 3. The molecule has 0 aliphatic heterocycles. The first-order valence-electron chi connectivity index (χ1n) is 4.81. The van der Waals surface area contributed by atoms with Gasteiger partial charge in [0.1, 0.15) is 0 Å². The van der Waals surface area contributed by atoms with E-state index in [1.807, 2.05) is 6.08 Å². The molecule has 2 rings (SSSR count). The summed E-state index contributed by atoms with van der Waals surface area (Å²) in [6, 6.07) is 0. The molecule has 15 heavy (non-hydrogen) atoms. The summed E-state index contributed by atoms with van der Waals surface area (Å²) in [6.45, 7) is 0. The third kappa shape index (κ3) is 2.09. The zero-order valence-corrected chi connectivity index (χ0v) is 8.68. The molecule has 0 radical (unpaired) electrons. The molecule has 2 aliphatic rings. The van der Waals surface area contributed by atoms with E-state index in [0.29, 0.717) is 6.42 Å². The summed E-state index contributed by atoms with van der Waals surface area (Å²) in [4.78, 5) is 20.9. The predicted molar refractivity (Wildman–Crippen MR) is 54.8 cm³/mol. The van der Waals surface area contributed by atoms with Crippen LogP contribution in [0, 0.1) is 27.9 Å². The van der Waals surface area contributed by atoms with Crippen LogP contribution in [0.1, 0.15) is 12.8 Å². The van der Waals surface area contributed by atoms with Crippen LogP contribution in [0.5, 0.6) is 0 Å². The Morgan fingerprint density at radius 2 is 2.33 bits per heavy atom. The third-order valence-electron chi connectivity index (χ3n) is 3.01. The lowest BCUT2D eigenvalue weighted by Gasteiger charge is -2.11. The fourth-order valence-corrected chi connectivity index (χ4v) is 2.28. The van der Waals surface area contributed by atoms with Crippen molar-refractivity contribution < 1.29 is 9.72 Å². The van der Waals surface area contributed by atoms with Crippen molar-refractivity contribution in [2.24, 2.45) is 17.8 Å². The predicted octanol–water partition coefficient (Wildman–Crippen LogP) is 2.12. The maximum absolute atomic E-state index is 10.8. The van der Waals surface area contributed by atoms with Crippen molar-refractivity contribution in [2.75, 3.05) is 0 Å². The molecule has 0 bridgehead atoms. The van der Waals surface area contributed by atoms with E-state index >= 15 is 0 Å². The van der Waals surface area contributed by atoms with Gasteiger partial charge in [0, 0.05) is 12.0 Å². The largest absolute Gasteiger partial charge is 0.281 e. The van der Waals surface area contributed by atoms with E-state index in [0.717, 1.165) is 6.42 Å². The van der Waals surface area contributed by atoms with Crippen molar-refractivity contribution in [3.63, 3.8) is 0 Å². The highest BCUT2D eigenvalue weighted by Gasteiger charge is 2.46. The van der Waals surface area contributed by atoms with E-state index < -0.39 is 4.92 Å². The maximum atomic E-state index is 10.8. The molecular weight excluding hydrogens is 218 g/mol. The second-order valence-corrected chi connectivity index (χ2v) is 4.33. The van der Waals surface area contributed by atoms with Crippen LogP contribution in [-0.2, 0) is 4.79 Å². The van der Waals surface area contributed by atoms with Crippen molar-refractivity contribution in [2.45, 2.75) is 12.8 Å². The quantitative estimate of drug-likeness (QED) is 0.422. The Hall–Kier alpha value is -1.16. The lowest BCUT2D eigenvalue weighted by atomic mass is 9.93. The molecule has 0 aromatic heterocycles. The van der Waals surface area contributed by atoms with E-state index in [9.17, 15) is 14.9 Å². The molecule has 0 spiro atoms. The van der Waals surface area contributed by atoms with Crippen LogP contribution in [0.15, 0.2) is 23.9 Å². The molecule has 0 aromatic rings. The highest BCUT2D eigenvalue weighted by Crippen LogP contribution is 2.48. The van der Waals surface area contributed by atoms with Crippen LogP contribution < -0.4 is 0 Å². The number of carbonyl (C=O) groups excluding carboxylic acids is 1. The zero-order chi connectivity index (χ0) is 11.0. The molecular formula is C10H10ClNO3. The summed E-state index contributed by atoms with van der Waals surface area (Å²) in [7, 11) is 0.